The van der Waals surface area contributed by atoms with Gasteiger partial charge in [0.05, 0.1) is 0 Å². The van der Waals surface area contributed by atoms with Crippen LogP contribution < -0.4 is 4.90 Å². The number of esters is 1. The zero-order valence-corrected chi connectivity index (χ0v) is 12.9. The van der Waals surface area contributed by atoms with E-state index in [-0.39, 0.29) is 12.5 Å². The van der Waals surface area contributed by atoms with Crippen LogP contribution in [-0.4, -0.2) is 25.0 Å². The van der Waals surface area contributed by atoms with Gasteiger partial charge in [0.1, 0.15) is 4.88 Å². The van der Waals surface area contributed by atoms with E-state index in [0.29, 0.717) is 11.4 Å². The van der Waals surface area contributed by atoms with Gasteiger partial charge in [-0.2, -0.15) is 0 Å². The highest BCUT2D eigenvalue weighted by Gasteiger charge is 2.18. The minimum atomic E-state index is -0.444. The van der Waals surface area contributed by atoms with Crippen molar-refractivity contribution >= 4 is 28.9 Å². The van der Waals surface area contributed by atoms with Crippen LogP contribution in [0.15, 0.2) is 41.8 Å². The first kappa shape index (κ1) is 15.3. The molecule has 2 aromatic rings. The molecule has 0 bridgehead atoms. The van der Waals surface area contributed by atoms with Gasteiger partial charge < -0.3 is 9.64 Å². The van der Waals surface area contributed by atoms with E-state index in [1.165, 1.54) is 11.3 Å². The Kier molecular flexibility index (Phi) is 5.11. The van der Waals surface area contributed by atoms with E-state index in [1.807, 2.05) is 55.6 Å². The summed E-state index contributed by atoms with van der Waals surface area (Å²) in [5, 5.41) is 1.83. The van der Waals surface area contributed by atoms with Crippen molar-refractivity contribution in [1.29, 1.82) is 0 Å². The minimum absolute atomic E-state index is 0.230. The average molecular weight is 303 g/mol. The lowest BCUT2D eigenvalue weighted by Crippen LogP contribution is -2.34. The van der Waals surface area contributed by atoms with Gasteiger partial charge in [0.2, 0.25) is 0 Å². The van der Waals surface area contributed by atoms with Gasteiger partial charge >= 0.3 is 5.97 Å². The predicted octanol–water partition coefficient (Wildman–Crippen LogP) is 3.27. The molecule has 0 aliphatic carbocycles. The number of thiophene rings is 1. The van der Waals surface area contributed by atoms with Crippen molar-refractivity contribution in [3.05, 3.63) is 52.2 Å². The molecule has 1 heterocycles. The van der Waals surface area contributed by atoms with Gasteiger partial charge in [-0.15, -0.1) is 11.3 Å². The zero-order chi connectivity index (χ0) is 15.2. The Bertz CT molecular complexity index is 621. The molecule has 2 rings (SSSR count). The number of aryl methyl sites for hydroxylation is 1. The molecule has 0 spiro atoms. The highest BCUT2D eigenvalue weighted by molar-refractivity contribution is 7.12. The summed E-state index contributed by atoms with van der Waals surface area (Å²) < 4.78 is 5.11. The number of nitrogens with zero attached hydrogens (tertiary/aromatic N) is 1. The van der Waals surface area contributed by atoms with E-state index < -0.39 is 5.97 Å². The van der Waals surface area contributed by atoms with Crippen LogP contribution in [0, 0.1) is 6.92 Å². The first-order chi connectivity index (χ1) is 10.1. The van der Waals surface area contributed by atoms with Crippen molar-refractivity contribution in [2.24, 2.45) is 0 Å². The molecular weight excluding hydrogens is 286 g/mol. The summed E-state index contributed by atoms with van der Waals surface area (Å²) in [5.74, 6) is -0.675. The highest BCUT2D eigenvalue weighted by Crippen LogP contribution is 2.17. The van der Waals surface area contributed by atoms with Crippen molar-refractivity contribution < 1.29 is 14.3 Å². The van der Waals surface area contributed by atoms with E-state index >= 15 is 0 Å². The summed E-state index contributed by atoms with van der Waals surface area (Å²) in [4.78, 5) is 26.2. The standard InChI is InChI=1S/C16H17NO3S/c1-3-17(13-7-5-4-6-8-13)14(18)11-20-16(19)15-12(2)9-10-21-15/h4-10H,3,11H2,1-2H3. The van der Waals surface area contributed by atoms with Crippen LogP contribution >= 0.6 is 11.3 Å². The topological polar surface area (TPSA) is 46.6 Å². The Morgan fingerprint density at radius 2 is 1.90 bits per heavy atom. The molecule has 21 heavy (non-hydrogen) atoms. The maximum Gasteiger partial charge on any atom is 0.349 e. The molecule has 0 atom stereocenters. The molecule has 0 unspecified atom stereocenters. The molecule has 1 aromatic carbocycles. The van der Waals surface area contributed by atoms with E-state index in [4.69, 9.17) is 4.74 Å². The smallest absolute Gasteiger partial charge is 0.349 e. The largest absolute Gasteiger partial charge is 0.451 e. The van der Waals surface area contributed by atoms with Gasteiger partial charge in [-0.05, 0) is 43.0 Å². The van der Waals surface area contributed by atoms with Gasteiger partial charge in [-0.1, -0.05) is 18.2 Å². The number of hydrogen-bond acceptors (Lipinski definition) is 4. The minimum Gasteiger partial charge on any atom is -0.451 e. The molecular formula is C16H17NO3S. The third-order valence-corrected chi connectivity index (χ3v) is 4.06. The first-order valence-corrected chi connectivity index (χ1v) is 7.58. The molecule has 1 amide bonds. The molecule has 5 heteroatoms. The van der Waals surface area contributed by atoms with Gasteiger partial charge in [0.25, 0.3) is 5.91 Å². The van der Waals surface area contributed by atoms with Crippen molar-refractivity contribution in [3.63, 3.8) is 0 Å². The van der Waals surface area contributed by atoms with Crippen LogP contribution in [0.3, 0.4) is 0 Å². The van der Waals surface area contributed by atoms with Crippen LogP contribution in [0.25, 0.3) is 0 Å². The fourth-order valence-electron chi connectivity index (χ4n) is 1.96. The van der Waals surface area contributed by atoms with Gasteiger partial charge in [-0.3, -0.25) is 4.79 Å². The number of carbonyl (C=O) groups excluding carboxylic acids is 2. The van der Waals surface area contributed by atoms with Crippen LogP contribution in [0.1, 0.15) is 22.2 Å². The number of rotatable bonds is 5. The maximum absolute atomic E-state index is 12.2. The molecule has 0 aliphatic heterocycles. The third kappa shape index (κ3) is 3.70. The summed E-state index contributed by atoms with van der Waals surface area (Å²) in [7, 11) is 0. The number of anilines is 1. The zero-order valence-electron chi connectivity index (χ0n) is 12.0. The lowest BCUT2D eigenvalue weighted by molar-refractivity contribution is -0.121. The summed E-state index contributed by atoms with van der Waals surface area (Å²) >= 11 is 1.32. The summed E-state index contributed by atoms with van der Waals surface area (Å²) in [6.07, 6.45) is 0. The Morgan fingerprint density at radius 3 is 2.48 bits per heavy atom. The lowest BCUT2D eigenvalue weighted by atomic mass is 10.3. The Balaban J connectivity index is 1.98. The van der Waals surface area contributed by atoms with Crippen molar-refractivity contribution in [2.75, 3.05) is 18.1 Å². The monoisotopic (exact) mass is 303 g/mol. The van der Waals surface area contributed by atoms with E-state index in [0.717, 1.165) is 11.3 Å². The van der Waals surface area contributed by atoms with E-state index in [9.17, 15) is 9.59 Å². The molecule has 0 N–H and O–H groups in total. The predicted molar refractivity (Wildman–Crippen MR) is 83.8 cm³/mol. The Morgan fingerprint density at radius 1 is 1.19 bits per heavy atom. The normalized spacial score (nSPS) is 10.2. The van der Waals surface area contributed by atoms with Gasteiger partial charge in [0, 0.05) is 12.2 Å². The number of para-hydroxylation sites is 1. The SMILES string of the molecule is CCN(C(=O)COC(=O)c1sccc1C)c1ccccc1. The van der Waals surface area contributed by atoms with Crippen LogP contribution in [-0.2, 0) is 9.53 Å². The number of amides is 1. The van der Waals surface area contributed by atoms with Gasteiger partial charge in [0.15, 0.2) is 6.61 Å². The fourth-order valence-corrected chi connectivity index (χ4v) is 2.78. The molecule has 0 aliphatic rings. The van der Waals surface area contributed by atoms with Crippen LogP contribution in [0.5, 0.6) is 0 Å². The Hall–Kier alpha value is -2.14. The first-order valence-electron chi connectivity index (χ1n) is 6.70. The number of ether oxygens (including phenoxy) is 1. The van der Waals surface area contributed by atoms with Crippen molar-refractivity contribution in [3.8, 4) is 0 Å². The molecule has 0 saturated heterocycles. The molecule has 0 fully saturated rings. The van der Waals surface area contributed by atoms with E-state index in [1.54, 1.807) is 4.90 Å². The van der Waals surface area contributed by atoms with Gasteiger partial charge in [-0.25, -0.2) is 4.79 Å². The summed E-state index contributed by atoms with van der Waals surface area (Å²) in [6, 6.07) is 11.2. The molecule has 0 radical (unpaired) electrons. The average Bonchev–Trinajstić information content (AvgIpc) is 2.93. The summed E-state index contributed by atoms with van der Waals surface area (Å²) in [6.45, 7) is 4.00. The quantitative estimate of drug-likeness (QED) is 0.796. The highest BCUT2D eigenvalue weighted by atomic mass is 32.1. The molecule has 110 valence electrons. The third-order valence-electron chi connectivity index (χ3n) is 3.06. The van der Waals surface area contributed by atoms with Crippen LogP contribution in [0.2, 0.25) is 0 Å². The Labute approximate surface area is 128 Å². The fraction of sp³-hybridized carbons (Fsp3) is 0.250. The maximum atomic E-state index is 12.2. The molecule has 0 saturated carbocycles. The molecule has 1 aromatic heterocycles. The van der Waals surface area contributed by atoms with Crippen LogP contribution in [0.4, 0.5) is 5.69 Å². The molecule has 4 nitrogen and oxygen atoms in total. The summed E-state index contributed by atoms with van der Waals surface area (Å²) in [5.41, 5.74) is 1.67. The van der Waals surface area contributed by atoms with E-state index in [2.05, 4.69) is 0 Å². The number of carbonyl (C=O) groups is 2. The number of hydrogen-bond donors (Lipinski definition) is 0. The second kappa shape index (κ2) is 7.04. The second-order valence-electron chi connectivity index (χ2n) is 4.48. The second-order valence-corrected chi connectivity index (χ2v) is 5.40. The van der Waals surface area contributed by atoms with Crippen molar-refractivity contribution in [2.45, 2.75) is 13.8 Å². The lowest BCUT2D eigenvalue weighted by Gasteiger charge is -2.20. The number of likely N-dealkylation sites (N-methyl/N-ethyl adjacent to an activating group) is 1. The number of benzene rings is 1. The van der Waals surface area contributed by atoms with Crippen molar-refractivity contribution in [1.82, 2.24) is 0 Å².